The summed E-state index contributed by atoms with van der Waals surface area (Å²) in [4.78, 5) is 10.3. The van der Waals surface area contributed by atoms with Gasteiger partial charge in [0.15, 0.2) is 0 Å². The third-order valence-corrected chi connectivity index (χ3v) is 2.04. The van der Waals surface area contributed by atoms with Crippen molar-refractivity contribution in [1.29, 1.82) is 0 Å². The first-order chi connectivity index (χ1) is 3.77. The average molecular weight is 153 g/mol. The molecule has 0 atom stereocenters. The van der Waals surface area contributed by atoms with E-state index in [2.05, 4.69) is 0 Å². The number of hydrogen-bond acceptors (Lipinski definition) is 2. The Balaban J connectivity index is 2.82. The van der Waals surface area contributed by atoms with E-state index < -0.39 is 0 Å². The van der Waals surface area contributed by atoms with Crippen molar-refractivity contribution in [2.45, 2.75) is 6.92 Å². The molecule has 0 amide bonds. The van der Waals surface area contributed by atoms with Gasteiger partial charge in [-0.3, -0.25) is 4.79 Å². The molecule has 3 heteroatoms. The second-order valence-electron chi connectivity index (χ2n) is 1.44. The fourth-order valence-electron chi connectivity index (χ4n) is 0.270. The SMILES string of the molecule is CC(=O)CSCCCl. The number of halogens is 1. The highest BCUT2D eigenvalue weighted by Crippen LogP contribution is 1.99. The fourth-order valence-corrected chi connectivity index (χ4v) is 1.14. The van der Waals surface area contributed by atoms with Gasteiger partial charge in [0, 0.05) is 11.6 Å². The predicted molar refractivity (Wildman–Crippen MR) is 38.7 cm³/mol. The zero-order chi connectivity index (χ0) is 6.41. The smallest absolute Gasteiger partial charge is 0.139 e. The van der Waals surface area contributed by atoms with Crippen LogP contribution in [0.5, 0.6) is 0 Å². The first-order valence-electron chi connectivity index (χ1n) is 2.40. The third kappa shape index (κ3) is 6.31. The van der Waals surface area contributed by atoms with Gasteiger partial charge in [-0.2, -0.15) is 11.8 Å². The number of Topliss-reactive ketones (excluding diaryl/α,β-unsaturated/α-hetero) is 1. The zero-order valence-electron chi connectivity index (χ0n) is 4.82. The summed E-state index contributed by atoms with van der Waals surface area (Å²) >= 11 is 6.93. The Bertz CT molecular complexity index is 74.8. The van der Waals surface area contributed by atoms with E-state index in [1.54, 1.807) is 18.7 Å². The standard InChI is InChI=1S/C5H9ClOS/c1-5(7)4-8-3-2-6/h2-4H2,1H3. The van der Waals surface area contributed by atoms with Gasteiger partial charge < -0.3 is 0 Å². The van der Waals surface area contributed by atoms with Gasteiger partial charge in [0.1, 0.15) is 5.78 Å². The van der Waals surface area contributed by atoms with E-state index in [1.165, 1.54) is 0 Å². The van der Waals surface area contributed by atoms with Crippen LogP contribution in [0.4, 0.5) is 0 Å². The minimum atomic E-state index is 0.222. The van der Waals surface area contributed by atoms with E-state index in [4.69, 9.17) is 11.6 Å². The number of carbonyl (C=O) groups excluding carboxylic acids is 1. The topological polar surface area (TPSA) is 17.1 Å². The highest BCUT2D eigenvalue weighted by molar-refractivity contribution is 8.00. The summed E-state index contributed by atoms with van der Waals surface area (Å²) in [5.41, 5.74) is 0. The van der Waals surface area contributed by atoms with Crippen LogP contribution in [0.25, 0.3) is 0 Å². The maximum absolute atomic E-state index is 10.3. The Morgan fingerprint density at radius 3 is 2.75 bits per heavy atom. The van der Waals surface area contributed by atoms with E-state index in [9.17, 15) is 4.79 Å². The molecule has 1 nitrogen and oxygen atoms in total. The van der Waals surface area contributed by atoms with Gasteiger partial charge in [0.2, 0.25) is 0 Å². The third-order valence-electron chi connectivity index (χ3n) is 0.527. The first-order valence-corrected chi connectivity index (χ1v) is 4.09. The summed E-state index contributed by atoms with van der Waals surface area (Å²) in [7, 11) is 0. The molecular weight excluding hydrogens is 144 g/mol. The molecule has 0 spiro atoms. The molecule has 0 radical (unpaired) electrons. The van der Waals surface area contributed by atoms with Crippen LogP contribution < -0.4 is 0 Å². The van der Waals surface area contributed by atoms with Crippen LogP contribution in [0.3, 0.4) is 0 Å². The second-order valence-corrected chi connectivity index (χ2v) is 2.93. The molecule has 8 heavy (non-hydrogen) atoms. The molecular formula is C5H9ClOS. The minimum Gasteiger partial charge on any atom is -0.299 e. The average Bonchev–Trinajstić information content (AvgIpc) is 1.66. The van der Waals surface area contributed by atoms with Gasteiger partial charge in [0.05, 0.1) is 5.75 Å². The summed E-state index contributed by atoms with van der Waals surface area (Å²) in [5, 5.41) is 0. The molecule has 0 unspecified atom stereocenters. The van der Waals surface area contributed by atoms with Crippen LogP contribution in [0.2, 0.25) is 0 Å². The number of thioether (sulfide) groups is 1. The molecule has 0 fully saturated rings. The molecule has 48 valence electrons. The Kier molecular flexibility index (Phi) is 5.66. The van der Waals surface area contributed by atoms with Crippen LogP contribution in [-0.4, -0.2) is 23.2 Å². The van der Waals surface area contributed by atoms with E-state index >= 15 is 0 Å². The molecule has 0 rings (SSSR count). The minimum absolute atomic E-state index is 0.222. The van der Waals surface area contributed by atoms with Crippen molar-refractivity contribution in [2.75, 3.05) is 17.4 Å². The molecule has 0 aromatic heterocycles. The van der Waals surface area contributed by atoms with E-state index in [0.717, 1.165) is 5.75 Å². The zero-order valence-corrected chi connectivity index (χ0v) is 6.39. The quantitative estimate of drug-likeness (QED) is 0.449. The Labute approximate surface area is 58.8 Å². The fraction of sp³-hybridized carbons (Fsp3) is 0.800. The summed E-state index contributed by atoms with van der Waals surface area (Å²) in [6.45, 7) is 1.58. The van der Waals surface area contributed by atoms with Crippen molar-refractivity contribution in [1.82, 2.24) is 0 Å². The maximum atomic E-state index is 10.3. The van der Waals surface area contributed by atoms with Crippen LogP contribution in [0.1, 0.15) is 6.92 Å². The predicted octanol–water partition coefficient (Wildman–Crippen LogP) is 1.55. The number of carbonyl (C=O) groups is 1. The lowest BCUT2D eigenvalue weighted by molar-refractivity contribution is -0.114. The highest BCUT2D eigenvalue weighted by atomic mass is 35.5. The Morgan fingerprint density at radius 2 is 2.38 bits per heavy atom. The van der Waals surface area contributed by atoms with Gasteiger partial charge in [0.25, 0.3) is 0 Å². The highest BCUT2D eigenvalue weighted by Gasteiger charge is 1.90. The number of ketones is 1. The van der Waals surface area contributed by atoms with Crippen molar-refractivity contribution < 1.29 is 4.79 Å². The Hall–Kier alpha value is 0.310. The molecule has 0 heterocycles. The van der Waals surface area contributed by atoms with Gasteiger partial charge in [-0.25, -0.2) is 0 Å². The first kappa shape index (κ1) is 8.31. The van der Waals surface area contributed by atoms with E-state index in [0.29, 0.717) is 11.6 Å². The summed E-state index contributed by atoms with van der Waals surface area (Å²) < 4.78 is 0. The molecule has 0 aliphatic rings. The summed E-state index contributed by atoms with van der Waals surface area (Å²) in [5.74, 6) is 2.34. The lowest BCUT2D eigenvalue weighted by Gasteiger charge is -1.90. The van der Waals surface area contributed by atoms with Crippen molar-refractivity contribution in [3.05, 3.63) is 0 Å². The summed E-state index contributed by atoms with van der Waals surface area (Å²) in [6.07, 6.45) is 0. The number of rotatable bonds is 4. The monoisotopic (exact) mass is 152 g/mol. The van der Waals surface area contributed by atoms with Gasteiger partial charge in [-0.15, -0.1) is 11.6 Å². The molecule has 0 aliphatic carbocycles. The van der Waals surface area contributed by atoms with Crippen molar-refractivity contribution in [3.63, 3.8) is 0 Å². The number of hydrogen-bond donors (Lipinski definition) is 0. The van der Waals surface area contributed by atoms with Crippen LogP contribution in [0.15, 0.2) is 0 Å². The molecule has 0 saturated heterocycles. The van der Waals surface area contributed by atoms with Gasteiger partial charge in [-0.1, -0.05) is 0 Å². The van der Waals surface area contributed by atoms with Gasteiger partial charge in [-0.05, 0) is 6.92 Å². The van der Waals surface area contributed by atoms with Crippen molar-refractivity contribution in [2.24, 2.45) is 0 Å². The van der Waals surface area contributed by atoms with E-state index in [-0.39, 0.29) is 5.78 Å². The van der Waals surface area contributed by atoms with Crippen LogP contribution in [-0.2, 0) is 4.79 Å². The van der Waals surface area contributed by atoms with Crippen LogP contribution in [0, 0.1) is 0 Å². The second kappa shape index (κ2) is 5.45. The maximum Gasteiger partial charge on any atom is 0.139 e. The summed E-state index contributed by atoms with van der Waals surface area (Å²) in [6, 6.07) is 0. The molecule has 0 saturated carbocycles. The molecule has 0 bridgehead atoms. The normalized spacial score (nSPS) is 9.25. The van der Waals surface area contributed by atoms with Crippen molar-refractivity contribution >= 4 is 29.1 Å². The molecule has 0 aromatic carbocycles. The molecule has 0 aliphatic heterocycles. The van der Waals surface area contributed by atoms with Crippen molar-refractivity contribution in [3.8, 4) is 0 Å². The van der Waals surface area contributed by atoms with E-state index in [1.807, 2.05) is 0 Å². The lowest BCUT2D eigenvalue weighted by atomic mass is 10.5. The van der Waals surface area contributed by atoms with Crippen LogP contribution >= 0.6 is 23.4 Å². The lowest BCUT2D eigenvalue weighted by Crippen LogP contribution is -1.94. The molecule has 0 aromatic rings. The van der Waals surface area contributed by atoms with Gasteiger partial charge >= 0.3 is 0 Å². The number of alkyl halides is 1. The largest absolute Gasteiger partial charge is 0.299 e. The molecule has 0 N–H and O–H groups in total. The Morgan fingerprint density at radius 1 is 1.75 bits per heavy atom.